The van der Waals surface area contributed by atoms with Gasteiger partial charge in [0.05, 0.1) is 15.1 Å². The van der Waals surface area contributed by atoms with E-state index >= 15 is 0 Å². The first-order chi connectivity index (χ1) is 9.84. The smallest absolute Gasteiger partial charge is 0.242 e. The molecule has 0 aliphatic heterocycles. The quantitative estimate of drug-likeness (QED) is 0.914. The predicted molar refractivity (Wildman–Crippen MR) is 84.0 cm³/mol. The molecule has 0 radical (unpaired) electrons. The Hall–Kier alpha value is -1.51. The number of anilines is 1. The van der Waals surface area contributed by atoms with Gasteiger partial charge in [-0.3, -0.25) is 4.79 Å². The maximum Gasteiger partial charge on any atom is 0.242 e. The van der Waals surface area contributed by atoms with E-state index in [2.05, 4.69) is 10.3 Å². The van der Waals surface area contributed by atoms with Crippen molar-refractivity contribution >= 4 is 42.6 Å². The SMILES string of the molecule is CCCC(=O)Nc1nc2ccc(S(=O)(=O)N(C)C)cc2s1. The summed E-state index contributed by atoms with van der Waals surface area (Å²) >= 11 is 1.27. The highest BCUT2D eigenvalue weighted by molar-refractivity contribution is 7.89. The Bertz CT molecular complexity index is 766. The lowest BCUT2D eigenvalue weighted by atomic mass is 10.3. The highest BCUT2D eigenvalue weighted by atomic mass is 32.2. The minimum absolute atomic E-state index is 0.0855. The minimum atomic E-state index is -3.47. The van der Waals surface area contributed by atoms with E-state index < -0.39 is 10.0 Å². The first-order valence-corrected chi connectivity index (χ1v) is 8.73. The van der Waals surface area contributed by atoms with Crippen LogP contribution in [0.15, 0.2) is 23.1 Å². The average molecular weight is 327 g/mol. The highest BCUT2D eigenvalue weighted by Crippen LogP contribution is 2.28. The standard InChI is InChI=1S/C13H17N3O3S2/c1-4-5-12(17)15-13-14-10-7-6-9(8-11(10)20-13)21(18,19)16(2)3/h6-8H,4-5H2,1-3H3,(H,14,15,17). The van der Waals surface area contributed by atoms with Crippen molar-refractivity contribution in [2.75, 3.05) is 19.4 Å². The van der Waals surface area contributed by atoms with Crippen LogP contribution >= 0.6 is 11.3 Å². The summed E-state index contributed by atoms with van der Waals surface area (Å²) in [4.78, 5) is 16.1. The molecular weight excluding hydrogens is 310 g/mol. The number of amides is 1. The molecule has 0 aliphatic carbocycles. The van der Waals surface area contributed by atoms with Crippen LogP contribution in [0.5, 0.6) is 0 Å². The lowest BCUT2D eigenvalue weighted by Gasteiger charge is -2.10. The first kappa shape index (κ1) is 15.9. The maximum atomic E-state index is 12.1. The molecule has 1 aromatic heterocycles. The molecule has 0 spiro atoms. The third kappa shape index (κ3) is 3.39. The van der Waals surface area contributed by atoms with E-state index in [9.17, 15) is 13.2 Å². The molecule has 1 amide bonds. The summed E-state index contributed by atoms with van der Waals surface area (Å²) in [5.41, 5.74) is 0.671. The van der Waals surface area contributed by atoms with E-state index in [1.165, 1.54) is 35.8 Å². The fraction of sp³-hybridized carbons (Fsp3) is 0.385. The Morgan fingerprint density at radius 3 is 2.71 bits per heavy atom. The van der Waals surface area contributed by atoms with E-state index in [0.29, 0.717) is 17.1 Å². The van der Waals surface area contributed by atoms with Gasteiger partial charge in [0, 0.05) is 20.5 Å². The van der Waals surface area contributed by atoms with Gasteiger partial charge in [-0.2, -0.15) is 0 Å². The van der Waals surface area contributed by atoms with Crippen molar-refractivity contribution in [2.45, 2.75) is 24.7 Å². The van der Waals surface area contributed by atoms with Crippen molar-refractivity contribution in [2.24, 2.45) is 0 Å². The molecule has 2 rings (SSSR count). The Morgan fingerprint density at radius 1 is 1.38 bits per heavy atom. The van der Waals surface area contributed by atoms with E-state index in [0.717, 1.165) is 11.1 Å². The van der Waals surface area contributed by atoms with Crippen molar-refractivity contribution in [3.05, 3.63) is 18.2 Å². The molecule has 114 valence electrons. The van der Waals surface area contributed by atoms with Gasteiger partial charge in [0.1, 0.15) is 0 Å². The Kier molecular flexibility index (Phi) is 4.60. The zero-order valence-corrected chi connectivity index (χ0v) is 13.7. The van der Waals surface area contributed by atoms with Gasteiger partial charge < -0.3 is 5.32 Å². The fourth-order valence-electron chi connectivity index (χ4n) is 1.74. The van der Waals surface area contributed by atoms with Crippen LogP contribution < -0.4 is 5.32 Å². The zero-order chi connectivity index (χ0) is 15.6. The Labute approximate surface area is 127 Å². The lowest BCUT2D eigenvalue weighted by molar-refractivity contribution is -0.116. The van der Waals surface area contributed by atoms with Crippen molar-refractivity contribution in [1.29, 1.82) is 0 Å². The summed E-state index contributed by atoms with van der Waals surface area (Å²) in [6, 6.07) is 4.75. The molecular formula is C13H17N3O3S2. The molecule has 2 aromatic rings. The fourth-order valence-corrected chi connectivity index (χ4v) is 3.66. The van der Waals surface area contributed by atoms with Gasteiger partial charge in [0.15, 0.2) is 5.13 Å². The molecule has 0 bridgehead atoms. The van der Waals surface area contributed by atoms with E-state index in [-0.39, 0.29) is 10.8 Å². The highest BCUT2D eigenvalue weighted by Gasteiger charge is 2.18. The molecule has 1 N–H and O–H groups in total. The Morgan fingerprint density at radius 2 is 2.10 bits per heavy atom. The van der Waals surface area contributed by atoms with Gasteiger partial charge in [0.25, 0.3) is 0 Å². The normalized spacial score (nSPS) is 12.0. The molecule has 1 heterocycles. The molecule has 21 heavy (non-hydrogen) atoms. The number of fused-ring (bicyclic) bond motifs is 1. The maximum absolute atomic E-state index is 12.1. The van der Waals surface area contributed by atoms with Crippen molar-refractivity contribution < 1.29 is 13.2 Å². The van der Waals surface area contributed by atoms with Gasteiger partial charge >= 0.3 is 0 Å². The number of nitrogens with zero attached hydrogens (tertiary/aromatic N) is 2. The van der Waals surface area contributed by atoms with Crippen LogP contribution in [0.2, 0.25) is 0 Å². The molecule has 0 aliphatic rings. The van der Waals surface area contributed by atoms with Crippen LogP contribution in [-0.4, -0.2) is 37.7 Å². The number of carbonyl (C=O) groups is 1. The second-order valence-corrected chi connectivity index (χ2v) is 7.92. The number of thiazole rings is 1. The van der Waals surface area contributed by atoms with Gasteiger partial charge in [0.2, 0.25) is 15.9 Å². The molecule has 0 atom stereocenters. The largest absolute Gasteiger partial charge is 0.302 e. The van der Waals surface area contributed by atoms with E-state index in [1.807, 2.05) is 6.92 Å². The minimum Gasteiger partial charge on any atom is -0.302 e. The molecule has 0 saturated carbocycles. The molecule has 0 saturated heterocycles. The van der Waals surface area contributed by atoms with Crippen LogP contribution in [0.4, 0.5) is 5.13 Å². The number of rotatable bonds is 5. The topological polar surface area (TPSA) is 79.4 Å². The summed E-state index contributed by atoms with van der Waals surface area (Å²) < 4.78 is 26.1. The monoisotopic (exact) mass is 327 g/mol. The van der Waals surface area contributed by atoms with E-state index in [1.54, 1.807) is 12.1 Å². The number of benzene rings is 1. The van der Waals surface area contributed by atoms with Crippen molar-refractivity contribution in [3.8, 4) is 0 Å². The second kappa shape index (κ2) is 6.08. The van der Waals surface area contributed by atoms with Crippen molar-refractivity contribution in [3.63, 3.8) is 0 Å². The van der Waals surface area contributed by atoms with Crippen LogP contribution in [0.25, 0.3) is 10.2 Å². The summed E-state index contributed by atoms with van der Waals surface area (Å²) in [5.74, 6) is -0.0855. The third-order valence-corrected chi connectivity index (χ3v) is 5.61. The zero-order valence-electron chi connectivity index (χ0n) is 12.1. The second-order valence-electron chi connectivity index (χ2n) is 4.73. The molecule has 8 heteroatoms. The number of nitrogens with one attached hydrogen (secondary N) is 1. The molecule has 1 aromatic carbocycles. The van der Waals surface area contributed by atoms with Gasteiger partial charge in [-0.1, -0.05) is 18.3 Å². The van der Waals surface area contributed by atoms with Crippen molar-refractivity contribution in [1.82, 2.24) is 9.29 Å². The average Bonchev–Trinajstić information content (AvgIpc) is 2.79. The molecule has 0 unspecified atom stereocenters. The molecule has 6 nitrogen and oxygen atoms in total. The number of hydrogen-bond acceptors (Lipinski definition) is 5. The summed E-state index contributed by atoms with van der Waals surface area (Å²) in [5, 5.41) is 3.21. The summed E-state index contributed by atoms with van der Waals surface area (Å²) in [6.45, 7) is 1.93. The first-order valence-electron chi connectivity index (χ1n) is 6.47. The van der Waals surface area contributed by atoms with Gasteiger partial charge in [-0.05, 0) is 24.6 Å². The Balaban J connectivity index is 2.35. The number of sulfonamides is 1. The van der Waals surface area contributed by atoms with Crippen LogP contribution in [0, 0.1) is 0 Å². The van der Waals surface area contributed by atoms with Gasteiger partial charge in [-0.15, -0.1) is 0 Å². The summed E-state index contributed by atoms with van der Waals surface area (Å²) in [7, 11) is -0.489. The van der Waals surface area contributed by atoms with Crippen LogP contribution in [0.1, 0.15) is 19.8 Å². The predicted octanol–water partition coefficient (Wildman–Crippen LogP) is 2.29. The summed E-state index contributed by atoms with van der Waals surface area (Å²) in [6.07, 6.45) is 1.21. The number of aromatic nitrogens is 1. The van der Waals surface area contributed by atoms with Gasteiger partial charge in [-0.25, -0.2) is 17.7 Å². The van der Waals surface area contributed by atoms with Crippen LogP contribution in [-0.2, 0) is 14.8 Å². The van der Waals surface area contributed by atoms with E-state index in [4.69, 9.17) is 0 Å². The van der Waals surface area contributed by atoms with Crippen LogP contribution in [0.3, 0.4) is 0 Å². The third-order valence-electron chi connectivity index (χ3n) is 2.86. The number of carbonyl (C=O) groups excluding carboxylic acids is 1. The molecule has 0 fully saturated rings. The lowest BCUT2D eigenvalue weighted by Crippen LogP contribution is -2.22. The number of hydrogen-bond donors (Lipinski definition) is 1.